The van der Waals surface area contributed by atoms with Gasteiger partial charge in [0.25, 0.3) is 6.43 Å². The normalized spacial score (nSPS) is 11.2. The molecule has 6 heteroatoms. The van der Waals surface area contributed by atoms with E-state index < -0.39 is 6.43 Å². The van der Waals surface area contributed by atoms with Crippen LogP contribution in [0.15, 0.2) is 72.1 Å². The zero-order chi connectivity index (χ0) is 17.2. The van der Waals surface area contributed by atoms with Gasteiger partial charge in [0.05, 0.1) is 11.4 Å². The van der Waals surface area contributed by atoms with E-state index in [1.165, 1.54) is 22.1 Å². The Morgan fingerprint density at radius 3 is 2.04 bits per heavy atom. The number of nitrogens with zero attached hydrogens (tertiary/aromatic N) is 3. The molecule has 0 bridgehead atoms. The molecule has 2 aromatic carbocycles. The lowest BCUT2D eigenvalue weighted by molar-refractivity contribution is 0.143. The number of benzene rings is 2. The van der Waals surface area contributed by atoms with Crippen molar-refractivity contribution in [3.63, 3.8) is 0 Å². The van der Waals surface area contributed by atoms with Gasteiger partial charge in [-0.05, 0) is 6.07 Å². The third-order valence-corrected chi connectivity index (χ3v) is 4.59. The molecule has 0 saturated carbocycles. The Balaban J connectivity index is 1.78. The number of halogens is 2. The number of hydrogen-bond donors (Lipinski definition) is 0. The zero-order valence-electron chi connectivity index (χ0n) is 13.0. The lowest BCUT2D eigenvalue weighted by atomic mass is 10.1. The van der Waals surface area contributed by atoms with E-state index in [2.05, 4.69) is 10.1 Å². The lowest BCUT2D eigenvalue weighted by Crippen LogP contribution is -2.02. The summed E-state index contributed by atoms with van der Waals surface area (Å²) in [6.07, 6.45) is -2.63. The summed E-state index contributed by atoms with van der Waals surface area (Å²) in [5, 5.41) is 6.64. The molecular weight excluding hydrogens is 340 g/mol. The van der Waals surface area contributed by atoms with E-state index in [-0.39, 0.29) is 5.69 Å². The van der Waals surface area contributed by atoms with Crippen LogP contribution in [0.3, 0.4) is 0 Å². The molecule has 0 atom stereocenters. The Labute approximate surface area is 147 Å². The van der Waals surface area contributed by atoms with Gasteiger partial charge >= 0.3 is 0 Å². The highest BCUT2D eigenvalue weighted by molar-refractivity contribution is 7.12. The van der Waals surface area contributed by atoms with Crippen LogP contribution < -0.4 is 0 Å². The van der Waals surface area contributed by atoms with Crippen molar-refractivity contribution < 1.29 is 8.78 Å². The number of rotatable bonds is 4. The van der Waals surface area contributed by atoms with Crippen LogP contribution in [0.2, 0.25) is 0 Å². The van der Waals surface area contributed by atoms with Gasteiger partial charge in [-0.1, -0.05) is 60.7 Å². The maximum Gasteiger partial charge on any atom is 0.280 e. The predicted octanol–water partition coefficient (Wildman–Crippen LogP) is 5.60. The van der Waals surface area contributed by atoms with Crippen molar-refractivity contribution in [2.45, 2.75) is 6.43 Å². The average molecular weight is 353 g/mol. The molecule has 4 aromatic rings. The second-order valence-corrected chi connectivity index (χ2v) is 6.25. The molecule has 2 aromatic heterocycles. The number of hydrogen-bond acceptors (Lipinski definition) is 3. The lowest BCUT2D eigenvalue weighted by Gasteiger charge is -2.02. The molecule has 4 rings (SSSR count). The summed E-state index contributed by atoms with van der Waals surface area (Å²) in [7, 11) is 0. The molecule has 0 aliphatic heterocycles. The third kappa shape index (κ3) is 3.08. The van der Waals surface area contributed by atoms with E-state index in [1.807, 2.05) is 66.0 Å². The van der Waals surface area contributed by atoms with Gasteiger partial charge in [-0.25, -0.2) is 18.4 Å². The van der Waals surface area contributed by atoms with Gasteiger partial charge < -0.3 is 0 Å². The Hall–Kier alpha value is -2.86. The monoisotopic (exact) mass is 353 g/mol. The van der Waals surface area contributed by atoms with E-state index in [9.17, 15) is 8.78 Å². The molecule has 3 nitrogen and oxygen atoms in total. The van der Waals surface area contributed by atoms with E-state index in [1.54, 1.807) is 0 Å². The van der Waals surface area contributed by atoms with Crippen LogP contribution >= 0.6 is 11.3 Å². The van der Waals surface area contributed by atoms with Crippen LogP contribution in [-0.2, 0) is 0 Å². The SMILES string of the molecule is FC(F)c1cc(-c2ccccc2)nn1-c1nc(-c2ccccc2)cs1. The van der Waals surface area contributed by atoms with Crippen molar-refractivity contribution >= 4 is 11.3 Å². The first-order chi connectivity index (χ1) is 12.2. The Morgan fingerprint density at radius 1 is 0.840 bits per heavy atom. The maximum absolute atomic E-state index is 13.5. The van der Waals surface area contributed by atoms with Crippen LogP contribution in [0.1, 0.15) is 12.1 Å². The summed E-state index contributed by atoms with van der Waals surface area (Å²) in [5.41, 5.74) is 2.83. The summed E-state index contributed by atoms with van der Waals surface area (Å²) < 4.78 is 28.2. The second kappa shape index (κ2) is 6.57. The number of alkyl halides is 2. The van der Waals surface area contributed by atoms with E-state index >= 15 is 0 Å². The molecule has 2 heterocycles. The minimum absolute atomic E-state index is 0.159. The highest BCUT2D eigenvalue weighted by Crippen LogP contribution is 2.30. The molecule has 0 aliphatic rings. The van der Waals surface area contributed by atoms with Crippen molar-refractivity contribution in [1.82, 2.24) is 14.8 Å². The number of aromatic nitrogens is 3. The molecule has 25 heavy (non-hydrogen) atoms. The topological polar surface area (TPSA) is 30.7 Å². The van der Waals surface area contributed by atoms with Gasteiger partial charge in [0, 0.05) is 16.5 Å². The second-order valence-electron chi connectivity index (χ2n) is 5.41. The van der Waals surface area contributed by atoms with Gasteiger partial charge in [-0.15, -0.1) is 11.3 Å². The Kier molecular flexibility index (Phi) is 4.11. The fraction of sp³-hybridized carbons (Fsp3) is 0.0526. The molecule has 0 spiro atoms. The summed E-state index contributed by atoms with van der Waals surface area (Å²) in [6, 6.07) is 20.3. The molecule has 0 radical (unpaired) electrons. The Bertz CT molecular complexity index is 978. The van der Waals surface area contributed by atoms with Gasteiger partial charge in [0.2, 0.25) is 5.13 Å². The first-order valence-electron chi connectivity index (χ1n) is 7.67. The first kappa shape index (κ1) is 15.7. The summed E-state index contributed by atoms with van der Waals surface area (Å²) in [6.45, 7) is 0. The fourth-order valence-electron chi connectivity index (χ4n) is 2.56. The fourth-order valence-corrected chi connectivity index (χ4v) is 3.36. The van der Waals surface area contributed by atoms with Gasteiger partial charge in [-0.3, -0.25) is 0 Å². The van der Waals surface area contributed by atoms with Crippen molar-refractivity contribution in [2.75, 3.05) is 0 Å². The molecule has 0 unspecified atom stereocenters. The smallest absolute Gasteiger partial charge is 0.218 e. The molecule has 0 aliphatic carbocycles. The largest absolute Gasteiger partial charge is 0.280 e. The molecule has 0 N–H and O–H groups in total. The molecule has 0 fully saturated rings. The van der Waals surface area contributed by atoms with Crippen LogP contribution in [0, 0.1) is 0 Å². The molecule has 124 valence electrons. The van der Waals surface area contributed by atoms with Crippen molar-refractivity contribution in [3.8, 4) is 27.6 Å². The maximum atomic E-state index is 13.5. The molecule has 0 amide bonds. The highest BCUT2D eigenvalue weighted by Gasteiger charge is 2.20. The summed E-state index contributed by atoms with van der Waals surface area (Å²) in [4.78, 5) is 4.49. The zero-order valence-corrected chi connectivity index (χ0v) is 13.8. The van der Waals surface area contributed by atoms with Crippen LogP contribution in [-0.4, -0.2) is 14.8 Å². The molecular formula is C19H13F2N3S. The van der Waals surface area contributed by atoms with Crippen LogP contribution in [0.25, 0.3) is 27.6 Å². The van der Waals surface area contributed by atoms with E-state index in [0.717, 1.165) is 16.8 Å². The molecule has 0 saturated heterocycles. The Morgan fingerprint density at radius 2 is 1.44 bits per heavy atom. The van der Waals surface area contributed by atoms with Gasteiger partial charge in [0.1, 0.15) is 5.69 Å². The van der Waals surface area contributed by atoms with Crippen LogP contribution in [0.4, 0.5) is 8.78 Å². The average Bonchev–Trinajstić information content (AvgIpc) is 3.30. The third-order valence-electron chi connectivity index (χ3n) is 3.77. The standard InChI is InChI=1S/C19H13F2N3S/c20-18(21)17-11-15(13-7-3-1-4-8-13)23-24(17)19-22-16(12-25-19)14-9-5-2-6-10-14/h1-12,18H. The van der Waals surface area contributed by atoms with Gasteiger partial charge in [-0.2, -0.15) is 5.10 Å². The predicted molar refractivity (Wildman–Crippen MR) is 95.1 cm³/mol. The summed E-state index contributed by atoms with van der Waals surface area (Å²) >= 11 is 1.29. The van der Waals surface area contributed by atoms with Crippen LogP contribution in [0.5, 0.6) is 0 Å². The summed E-state index contributed by atoms with van der Waals surface area (Å²) in [5.74, 6) is 0. The highest BCUT2D eigenvalue weighted by atomic mass is 32.1. The first-order valence-corrected chi connectivity index (χ1v) is 8.55. The number of thiazole rings is 1. The van der Waals surface area contributed by atoms with Crippen molar-refractivity contribution in [3.05, 3.63) is 77.8 Å². The van der Waals surface area contributed by atoms with E-state index in [4.69, 9.17) is 0 Å². The minimum Gasteiger partial charge on any atom is -0.218 e. The van der Waals surface area contributed by atoms with Crippen molar-refractivity contribution in [2.24, 2.45) is 0 Å². The van der Waals surface area contributed by atoms with Crippen molar-refractivity contribution in [1.29, 1.82) is 0 Å². The quantitative estimate of drug-likeness (QED) is 0.478. The van der Waals surface area contributed by atoms with E-state index in [0.29, 0.717) is 10.8 Å². The minimum atomic E-state index is -2.63. The van der Waals surface area contributed by atoms with Gasteiger partial charge in [0.15, 0.2) is 0 Å².